The van der Waals surface area contributed by atoms with Crippen molar-refractivity contribution in [3.8, 4) is 11.5 Å². The van der Waals surface area contributed by atoms with Gasteiger partial charge >= 0.3 is 5.97 Å². The van der Waals surface area contributed by atoms with Gasteiger partial charge in [0.25, 0.3) is 0 Å². The van der Waals surface area contributed by atoms with Crippen molar-refractivity contribution < 1.29 is 23.8 Å². The molecule has 0 N–H and O–H groups in total. The molecule has 2 aliphatic rings. The zero-order valence-electron chi connectivity index (χ0n) is 18.0. The molecule has 0 radical (unpaired) electrons. The predicted molar refractivity (Wildman–Crippen MR) is 111 cm³/mol. The molecule has 1 fully saturated rings. The van der Waals surface area contributed by atoms with Crippen LogP contribution in [0.1, 0.15) is 52.0 Å². The zero-order chi connectivity index (χ0) is 21.3. The van der Waals surface area contributed by atoms with E-state index in [4.69, 9.17) is 14.2 Å². The molecule has 1 aromatic rings. The molecule has 156 valence electrons. The van der Waals surface area contributed by atoms with Crippen molar-refractivity contribution in [2.75, 3.05) is 20.8 Å². The molecular formula is C23H29NO5. The molecule has 29 heavy (non-hydrogen) atoms. The molecule has 1 heterocycles. The van der Waals surface area contributed by atoms with Gasteiger partial charge in [-0.2, -0.15) is 0 Å². The SMILES string of the molecule is CCOc1ccc([C@H]2C(C(=O)OC)=C(C)N=C3CC(C)(C)CC(=O)C32)cc1OC. The monoisotopic (exact) mass is 399 g/mol. The van der Waals surface area contributed by atoms with Crippen molar-refractivity contribution in [3.63, 3.8) is 0 Å². The quantitative estimate of drug-likeness (QED) is 0.698. The summed E-state index contributed by atoms with van der Waals surface area (Å²) in [5.41, 5.74) is 2.55. The van der Waals surface area contributed by atoms with Crippen LogP contribution in [0.3, 0.4) is 0 Å². The lowest BCUT2D eigenvalue weighted by molar-refractivity contribution is -0.136. The van der Waals surface area contributed by atoms with E-state index in [9.17, 15) is 9.59 Å². The maximum absolute atomic E-state index is 13.2. The predicted octanol–water partition coefficient (Wildman–Crippen LogP) is 4.08. The summed E-state index contributed by atoms with van der Waals surface area (Å²) in [6.45, 7) is 8.38. The normalized spacial score (nSPS) is 23.2. The van der Waals surface area contributed by atoms with E-state index < -0.39 is 17.8 Å². The van der Waals surface area contributed by atoms with Gasteiger partial charge in [0.2, 0.25) is 0 Å². The standard InChI is InChI=1S/C23H29NO5/c1-7-29-17-9-8-14(10-18(17)27-5)20-19(22(26)28-6)13(2)24-15-11-23(3,4)12-16(25)21(15)20/h8-10,20-21H,7,11-12H2,1-6H3/t20-,21?/m0/s1. The number of carbonyl (C=O) groups is 2. The summed E-state index contributed by atoms with van der Waals surface area (Å²) in [5, 5.41) is 0. The number of methoxy groups -OCH3 is 2. The van der Waals surface area contributed by atoms with Crippen molar-refractivity contribution in [2.24, 2.45) is 16.3 Å². The average Bonchev–Trinajstić information content (AvgIpc) is 2.65. The van der Waals surface area contributed by atoms with Gasteiger partial charge in [-0.05, 0) is 43.4 Å². The van der Waals surface area contributed by atoms with Crippen LogP contribution in [-0.2, 0) is 14.3 Å². The lowest BCUT2D eigenvalue weighted by Gasteiger charge is -2.41. The largest absolute Gasteiger partial charge is 0.493 e. The van der Waals surface area contributed by atoms with E-state index in [1.165, 1.54) is 7.11 Å². The molecule has 1 unspecified atom stereocenters. The Balaban J connectivity index is 2.17. The van der Waals surface area contributed by atoms with Crippen LogP contribution in [-0.4, -0.2) is 38.3 Å². The minimum absolute atomic E-state index is 0.103. The second-order valence-electron chi connectivity index (χ2n) is 8.38. The average molecular weight is 399 g/mol. The fourth-order valence-corrected chi connectivity index (χ4v) is 4.48. The number of hydrogen-bond acceptors (Lipinski definition) is 6. The summed E-state index contributed by atoms with van der Waals surface area (Å²) >= 11 is 0. The summed E-state index contributed by atoms with van der Waals surface area (Å²) < 4.78 is 16.2. The number of Topliss-reactive ketones (excluding diaryl/α,β-unsaturated/α-hetero) is 1. The van der Waals surface area contributed by atoms with Crippen LogP contribution in [0.2, 0.25) is 0 Å². The first-order chi connectivity index (χ1) is 13.7. The van der Waals surface area contributed by atoms with Crippen molar-refractivity contribution in [1.82, 2.24) is 0 Å². The minimum Gasteiger partial charge on any atom is -0.493 e. The first-order valence-electron chi connectivity index (χ1n) is 9.92. The van der Waals surface area contributed by atoms with E-state index in [2.05, 4.69) is 18.8 Å². The molecule has 0 aromatic heterocycles. The van der Waals surface area contributed by atoms with Crippen molar-refractivity contribution in [3.05, 3.63) is 35.0 Å². The molecule has 3 rings (SSSR count). The Morgan fingerprint density at radius 2 is 1.90 bits per heavy atom. The molecule has 1 aliphatic heterocycles. The molecule has 6 nitrogen and oxygen atoms in total. The summed E-state index contributed by atoms with van der Waals surface area (Å²) in [7, 11) is 2.93. The number of ether oxygens (including phenoxy) is 3. The fraction of sp³-hybridized carbons (Fsp3) is 0.522. The fourth-order valence-electron chi connectivity index (χ4n) is 4.48. The summed E-state index contributed by atoms with van der Waals surface area (Å²) in [6, 6.07) is 5.57. The van der Waals surface area contributed by atoms with E-state index in [1.807, 2.05) is 25.1 Å². The smallest absolute Gasteiger partial charge is 0.336 e. The van der Waals surface area contributed by atoms with Crippen molar-refractivity contribution >= 4 is 17.5 Å². The Bertz CT molecular complexity index is 897. The lowest BCUT2D eigenvalue weighted by atomic mass is 9.63. The molecule has 0 bridgehead atoms. The van der Waals surface area contributed by atoms with Gasteiger partial charge in [-0.25, -0.2) is 4.79 Å². The second kappa shape index (κ2) is 8.01. The van der Waals surface area contributed by atoms with E-state index in [-0.39, 0.29) is 11.2 Å². The number of benzene rings is 1. The van der Waals surface area contributed by atoms with E-state index >= 15 is 0 Å². The van der Waals surface area contributed by atoms with Crippen molar-refractivity contribution in [1.29, 1.82) is 0 Å². The third-order valence-corrected chi connectivity index (χ3v) is 5.62. The van der Waals surface area contributed by atoms with Crippen LogP contribution in [0.15, 0.2) is 34.5 Å². The first-order valence-corrected chi connectivity index (χ1v) is 9.92. The van der Waals surface area contributed by atoms with Crippen LogP contribution in [0.25, 0.3) is 0 Å². The molecule has 1 saturated carbocycles. The highest BCUT2D eigenvalue weighted by Crippen LogP contribution is 2.48. The van der Waals surface area contributed by atoms with Gasteiger partial charge in [0.15, 0.2) is 11.5 Å². The Morgan fingerprint density at radius 3 is 2.52 bits per heavy atom. The maximum Gasteiger partial charge on any atom is 0.336 e. The number of ketones is 1. The second-order valence-corrected chi connectivity index (χ2v) is 8.38. The van der Waals surface area contributed by atoms with Crippen LogP contribution in [0.5, 0.6) is 11.5 Å². The number of carbonyl (C=O) groups excluding carboxylic acids is 2. The van der Waals surface area contributed by atoms with Gasteiger partial charge in [0, 0.05) is 23.7 Å². The Kier molecular flexibility index (Phi) is 5.82. The molecule has 1 aromatic carbocycles. The third kappa shape index (κ3) is 3.93. The van der Waals surface area contributed by atoms with Gasteiger partial charge in [0.1, 0.15) is 5.78 Å². The van der Waals surface area contributed by atoms with Crippen LogP contribution >= 0.6 is 0 Å². The number of fused-ring (bicyclic) bond motifs is 1. The Morgan fingerprint density at radius 1 is 1.17 bits per heavy atom. The summed E-state index contributed by atoms with van der Waals surface area (Å²) in [5.74, 6) is -0.0853. The van der Waals surface area contributed by atoms with Gasteiger partial charge in [0.05, 0.1) is 32.3 Å². The number of hydrogen-bond donors (Lipinski definition) is 0. The van der Waals surface area contributed by atoms with Gasteiger partial charge in [-0.1, -0.05) is 19.9 Å². The number of allylic oxidation sites excluding steroid dienone is 1. The molecule has 0 saturated heterocycles. The molecule has 1 aliphatic carbocycles. The zero-order valence-corrected chi connectivity index (χ0v) is 18.0. The highest BCUT2D eigenvalue weighted by Gasteiger charge is 2.47. The van der Waals surface area contributed by atoms with Gasteiger partial charge in [-0.15, -0.1) is 0 Å². The Labute approximate surface area is 171 Å². The molecule has 0 amide bonds. The summed E-state index contributed by atoms with van der Waals surface area (Å²) in [4.78, 5) is 30.6. The highest BCUT2D eigenvalue weighted by molar-refractivity contribution is 6.12. The number of aliphatic imine (C=N–C) groups is 1. The van der Waals surface area contributed by atoms with Crippen molar-refractivity contribution in [2.45, 2.75) is 46.5 Å². The van der Waals surface area contributed by atoms with E-state index in [0.29, 0.717) is 35.8 Å². The Hall–Kier alpha value is -2.63. The number of rotatable bonds is 5. The topological polar surface area (TPSA) is 74.2 Å². The first kappa shape index (κ1) is 21.1. The molecular weight excluding hydrogens is 370 g/mol. The number of esters is 1. The van der Waals surface area contributed by atoms with Gasteiger partial charge < -0.3 is 14.2 Å². The third-order valence-electron chi connectivity index (χ3n) is 5.62. The molecule has 2 atom stereocenters. The number of nitrogens with zero attached hydrogens (tertiary/aromatic N) is 1. The van der Waals surface area contributed by atoms with Crippen LogP contribution in [0, 0.1) is 11.3 Å². The van der Waals surface area contributed by atoms with Gasteiger partial charge in [-0.3, -0.25) is 9.79 Å². The highest BCUT2D eigenvalue weighted by atomic mass is 16.5. The van der Waals surface area contributed by atoms with Crippen LogP contribution < -0.4 is 9.47 Å². The molecule has 6 heteroatoms. The molecule has 0 spiro atoms. The maximum atomic E-state index is 13.2. The minimum atomic E-state index is -0.469. The van der Waals surface area contributed by atoms with E-state index in [0.717, 1.165) is 17.7 Å². The summed E-state index contributed by atoms with van der Waals surface area (Å²) in [6.07, 6.45) is 1.18. The van der Waals surface area contributed by atoms with Crippen LogP contribution in [0.4, 0.5) is 0 Å². The lowest BCUT2D eigenvalue weighted by Crippen LogP contribution is -2.44. The van der Waals surface area contributed by atoms with E-state index in [1.54, 1.807) is 14.0 Å².